The van der Waals surface area contributed by atoms with Gasteiger partial charge in [-0.25, -0.2) is 4.79 Å². The molecular weight excluding hydrogens is 420 g/mol. The number of aryl methyl sites for hydroxylation is 1. The third-order valence-electron chi connectivity index (χ3n) is 4.47. The minimum absolute atomic E-state index is 0.0797. The number of anilines is 1. The van der Waals surface area contributed by atoms with Crippen LogP contribution in [0, 0.1) is 6.92 Å². The molecule has 3 aromatic rings. The molecule has 0 amide bonds. The molecule has 1 saturated heterocycles. The summed E-state index contributed by atoms with van der Waals surface area (Å²) in [6.45, 7) is 2.86. The molecule has 0 saturated carbocycles. The maximum Gasteiger partial charge on any atom is 0.519 e. The molecule has 160 valence electrons. The monoisotopic (exact) mass is 438 g/mol. The lowest BCUT2D eigenvalue weighted by Crippen LogP contribution is -2.23. The molecule has 30 heavy (non-hydrogen) atoms. The van der Waals surface area contributed by atoms with E-state index in [0.29, 0.717) is 17.5 Å². The highest BCUT2D eigenvalue weighted by atomic mass is 32.1. The number of nitrogens with two attached hydrogens (primary N) is 1. The molecule has 2 N–H and O–H groups in total. The molecular formula is C17H18N4O8S. The predicted molar refractivity (Wildman–Crippen MR) is 102 cm³/mol. The zero-order valence-electron chi connectivity index (χ0n) is 16.1. The fraction of sp³-hybridized carbons (Fsp3) is 0.471. The van der Waals surface area contributed by atoms with Crippen molar-refractivity contribution in [2.24, 2.45) is 0 Å². The fourth-order valence-corrected chi connectivity index (χ4v) is 4.02. The molecule has 2 atom stereocenters. The lowest BCUT2D eigenvalue weighted by atomic mass is 10.2. The minimum atomic E-state index is -0.837. The number of aromatic nitrogens is 3. The highest BCUT2D eigenvalue weighted by Crippen LogP contribution is 2.34. The van der Waals surface area contributed by atoms with Crippen LogP contribution in [0.2, 0.25) is 0 Å². The maximum absolute atomic E-state index is 12.7. The summed E-state index contributed by atoms with van der Waals surface area (Å²) in [5.41, 5.74) is 6.08. The highest BCUT2D eigenvalue weighted by molar-refractivity contribution is 7.16. The van der Waals surface area contributed by atoms with Crippen LogP contribution in [0.15, 0.2) is 18.4 Å². The lowest BCUT2D eigenvalue weighted by molar-refractivity contribution is -0.145. The van der Waals surface area contributed by atoms with Gasteiger partial charge in [-0.05, 0) is 19.8 Å². The van der Waals surface area contributed by atoms with Crippen molar-refractivity contribution in [2.45, 2.75) is 45.6 Å². The average molecular weight is 438 g/mol. The molecule has 13 heteroatoms. The van der Waals surface area contributed by atoms with Gasteiger partial charge >= 0.3 is 16.7 Å². The molecule has 0 bridgehead atoms. The van der Waals surface area contributed by atoms with Crippen molar-refractivity contribution in [1.29, 1.82) is 0 Å². The van der Waals surface area contributed by atoms with Crippen molar-refractivity contribution in [2.75, 3.05) is 12.3 Å². The molecule has 0 radical (unpaired) electrons. The summed E-state index contributed by atoms with van der Waals surface area (Å²) < 4.78 is 27.9. The van der Waals surface area contributed by atoms with Gasteiger partial charge in [-0.2, -0.15) is 9.97 Å². The highest BCUT2D eigenvalue weighted by Gasteiger charge is 2.31. The van der Waals surface area contributed by atoms with Crippen LogP contribution >= 0.6 is 11.3 Å². The van der Waals surface area contributed by atoms with Gasteiger partial charge in [0.25, 0.3) is 0 Å². The normalized spacial score (nSPS) is 18.7. The van der Waals surface area contributed by atoms with Crippen LogP contribution in [0.4, 0.5) is 5.95 Å². The molecule has 0 unspecified atom stereocenters. The molecule has 3 aromatic heterocycles. The van der Waals surface area contributed by atoms with Crippen LogP contribution < -0.4 is 21.2 Å². The first-order valence-corrected chi connectivity index (χ1v) is 9.83. The number of rotatable bonds is 6. The van der Waals surface area contributed by atoms with E-state index in [2.05, 4.69) is 9.97 Å². The Morgan fingerprint density at radius 1 is 1.30 bits per heavy atom. The second-order valence-corrected chi connectivity index (χ2v) is 7.55. The lowest BCUT2D eigenvalue weighted by Gasteiger charge is -2.15. The third kappa shape index (κ3) is 3.93. The number of carbonyl (C=O) groups is 1. The second-order valence-electron chi connectivity index (χ2n) is 6.59. The van der Waals surface area contributed by atoms with Crippen LogP contribution in [0.5, 0.6) is 5.88 Å². The van der Waals surface area contributed by atoms with Gasteiger partial charge in [0.1, 0.15) is 17.5 Å². The number of esters is 1. The van der Waals surface area contributed by atoms with E-state index in [-0.39, 0.29) is 53.2 Å². The molecule has 0 aliphatic carbocycles. The molecule has 0 aromatic carbocycles. The van der Waals surface area contributed by atoms with Crippen LogP contribution in [0.3, 0.4) is 0 Å². The van der Waals surface area contributed by atoms with Gasteiger partial charge in [0.2, 0.25) is 11.8 Å². The first kappa shape index (κ1) is 20.1. The number of thiazole rings is 1. The summed E-state index contributed by atoms with van der Waals surface area (Å²) >= 11 is 0.886. The van der Waals surface area contributed by atoms with E-state index in [4.69, 9.17) is 28.8 Å². The zero-order valence-corrected chi connectivity index (χ0v) is 16.9. The van der Waals surface area contributed by atoms with Crippen molar-refractivity contribution in [3.05, 3.63) is 31.8 Å². The zero-order chi connectivity index (χ0) is 21.4. The van der Waals surface area contributed by atoms with Crippen LogP contribution in [0.25, 0.3) is 10.3 Å². The minimum Gasteiger partial charge on any atom is -0.468 e. The van der Waals surface area contributed by atoms with Gasteiger partial charge in [-0.1, -0.05) is 11.3 Å². The van der Waals surface area contributed by atoms with Crippen LogP contribution in [-0.4, -0.2) is 33.2 Å². The quantitative estimate of drug-likeness (QED) is 0.548. The average Bonchev–Trinajstić information content (AvgIpc) is 3.34. The molecule has 1 aliphatic heterocycles. The SMILES string of the molecule is CC(=O)OC[C@@H]1CC[C@H](n2c(=O)sc3c(OCc4oc(=O)oc4C)nc(N)nc32)O1. The van der Waals surface area contributed by atoms with E-state index in [1.54, 1.807) is 6.92 Å². The Morgan fingerprint density at radius 2 is 2.10 bits per heavy atom. The van der Waals surface area contributed by atoms with Crippen molar-refractivity contribution >= 4 is 33.6 Å². The number of nitrogens with zero attached hydrogens (tertiary/aromatic N) is 3. The Bertz CT molecular complexity index is 1210. The first-order chi connectivity index (χ1) is 14.3. The summed E-state index contributed by atoms with van der Waals surface area (Å²) in [6.07, 6.45) is 0.257. The Labute approximate surface area is 172 Å². The van der Waals surface area contributed by atoms with Crippen molar-refractivity contribution in [1.82, 2.24) is 14.5 Å². The summed E-state index contributed by atoms with van der Waals surface area (Å²) in [7, 11) is 0. The molecule has 12 nitrogen and oxygen atoms in total. The van der Waals surface area contributed by atoms with Crippen molar-refractivity contribution in [3.8, 4) is 5.88 Å². The van der Waals surface area contributed by atoms with E-state index >= 15 is 0 Å². The number of carbonyl (C=O) groups excluding carboxylic acids is 1. The summed E-state index contributed by atoms with van der Waals surface area (Å²) in [5.74, 6) is -0.770. The number of ether oxygens (including phenoxy) is 3. The molecule has 1 fully saturated rings. The Kier molecular flexibility index (Phi) is 5.30. The van der Waals surface area contributed by atoms with Gasteiger partial charge in [-0.3, -0.25) is 14.2 Å². The molecule has 4 heterocycles. The van der Waals surface area contributed by atoms with E-state index in [9.17, 15) is 14.4 Å². The Morgan fingerprint density at radius 3 is 2.80 bits per heavy atom. The van der Waals surface area contributed by atoms with Crippen molar-refractivity contribution < 1.29 is 27.8 Å². The second kappa shape index (κ2) is 7.91. The van der Waals surface area contributed by atoms with Gasteiger partial charge in [-0.15, -0.1) is 0 Å². The number of hydrogen-bond acceptors (Lipinski definition) is 12. The van der Waals surface area contributed by atoms with E-state index in [1.165, 1.54) is 11.5 Å². The largest absolute Gasteiger partial charge is 0.519 e. The summed E-state index contributed by atoms with van der Waals surface area (Å²) in [6, 6.07) is 0. The first-order valence-electron chi connectivity index (χ1n) is 9.01. The Balaban J connectivity index is 1.61. The summed E-state index contributed by atoms with van der Waals surface area (Å²) in [4.78, 5) is 42.8. The van der Waals surface area contributed by atoms with Gasteiger partial charge < -0.3 is 28.8 Å². The van der Waals surface area contributed by atoms with Gasteiger partial charge in [0, 0.05) is 6.92 Å². The van der Waals surface area contributed by atoms with E-state index in [1.807, 2.05) is 0 Å². The molecule has 0 spiro atoms. The Hall–Kier alpha value is -3.19. The fourth-order valence-electron chi connectivity index (χ4n) is 3.11. The van der Waals surface area contributed by atoms with E-state index < -0.39 is 18.0 Å². The topological polar surface area (TPSA) is 162 Å². The maximum atomic E-state index is 12.7. The standard InChI is InChI=1S/C17H18N4O8S/c1-7-10(29-17(24)27-7)6-26-14-12-13(19-15(18)20-14)21(16(23)30-12)11-4-3-9(28-11)5-25-8(2)22/h9,11H,3-6H2,1-2H3,(H2,18,19,20)/t9-,11+/m0/s1. The molecule has 1 aliphatic rings. The third-order valence-corrected chi connectivity index (χ3v) is 5.40. The van der Waals surface area contributed by atoms with Crippen LogP contribution in [0.1, 0.15) is 37.5 Å². The number of fused-ring (bicyclic) bond motifs is 1. The van der Waals surface area contributed by atoms with E-state index in [0.717, 1.165) is 11.3 Å². The van der Waals surface area contributed by atoms with Gasteiger partial charge in [0.15, 0.2) is 23.8 Å². The van der Waals surface area contributed by atoms with Crippen LogP contribution in [-0.2, 0) is 20.9 Å². The number of nitrogen functional groups attached to an aromatic ring is 1. The van der Waals surface area contributed by atoms with Crippen molar-refractivity contribution in [3.63, 3.8) is 0 Å². The smallest absolute Gasteiger partial charge is 0.468 e. The molecule has 4 rings (SSSR count). The van der Waals surface area contributed by atoms with Gasteiger partial charge in [0.05, 0.1) is 6.10 Å². The predicted octanol–water partition coefficient (Wildman–Crippen LogP) is 1.11. The summed E-state index contributed by atoms with van der Waals surface area (Å²) in [5, 5.41) is 0. The number of hydrogen-bond donors (Lipinski definition) is 1.